The summed E-state index contributed by atoms with van der Waals surface area (Å²) >= 11 is 1.54. The zero-order valence-corrected chi connectivity index (χ0v) is 18.0. The number of nitrogens with one attached hydrogen (secondary N) is 1. The second-order valence-corrected chi connectivity index (χ2v) is 7.89. The van der Waals surface area contributed by atoms with E-state index in [1.807, 2.05) is 73.0 Å². The minimum Gasteiger partial charge on any atom is -0.322 e. The van der Waals surface area contributed by atoms with Crippen LogP contribution >= 0.6 is 11.3 Å². The predicted molar refractivity (Wildman–Crippen MR) is 125 cm³/mol. The van der Waals surface area contributed by atoms with Crippen LogP contribution in [0.5, 0.6) is 0 Å². The summed E-state index contributed by atoms with van der Waals surface area (Å²) in [6, 6.07) is 19.0. The lowest BCUT2D eigenvalue weighted by Crippen LogP contribution is -2.13. The molecule has 5 aromatic rings. The van der Waals surface area contributed by atoms with Gasteiger partial charge in [0.25, 0.3) is 5.91 Å². The minimum absolute atomic E-state index is 0.228. The van der Waals surface area contributed by atoms with Gasteiger partial charge in [-0.15, -0.1) is 11.3 Å². The molecule has 156 valence electrons. The van der Waals surface area contributed by atoms with Gasteiger partial charge in [0.05, 0.1) is 28.8 Å². The molecule has 0 spiro atoms. The fourth-order valence-corrected chi connectivity index (χ4v) is 4.12. The van der Waals surface area contributed by atoms with Crippen LogP contribution in [0, 0.1) is 6.92 Å². The molecule has 0 radical (unpaired) electrons. The number of anilines is 1. The van der Waals surface area contributed by atoms with E-state index >= 15 is 0 Å². The second kappa shape index (κ2) is 8.52. The van der Waals surface area contributed by atoms with Gasteiger partial charge in [0, 0.05) is 29.0 Å². The first kappa shape index (κ1) is 19.8. The second-order valence-electron chi connectivity index (χ2n) is 7.03. The Morgan fingerprint density at radius 2 is 1.81 bits per heavy atom. The number of thiazole rings is 1. The zero-order chi connectivity index (χ0) is 21.9. The van der Waals surface area contributed by atoms with Crippen molar-refractivity contribution in [3.8, 4) is 27.8 Å². The van der Waals surface area contributed by atoms with E-state index in [1.54, 1.807) is 23.3 Å². The number of pyridine rings is 2. The molecule has 4 heterocycles. The van der Waals surface area contributed by atoms with Gasteiger partial charge in [-0.1, -0.05) is 24.3 Å². The molecule has 0 aliphatic heterocycles. The fourth-order valence-electron chi connectivity index (χ4n) is 3.31. The van der Waals surface area contributed by atoms with Gasteiger partial charge in [0.1, 0.15) is 5.01 Å². The van der Waals surface area contributed by atoms with Crippen molar-refractivity contribution in [1.82, 2.24) is 24.7 Å². The van der Waals surface area contributed by atoms with Crippen molar-refractivity contribution < 1.29 is 4.79 Å². The molecular formula is C24H18N6OS. The summed E-state index contributed by atoms with van der Waals surface area (Å²) in [7, 11) is 0. The number of benzene rings is 1. The third-order valence-electron chi connectivity index (χ3n) is 4.93. The third kappa shape index (κ3) is 3.91. The SMILES string of the molecule is Cc1c(C(=O)Nc2cccc(-c3csc(-c4ccccn4)n3)c2)cnn1-c1ccccn1. The van der Waals surface area contributed by atoms with Crippen LogP contribution in [-0.4, -0.2) is 30.6 Å². The van der Waals surface area contributed by atoms with Crippen molar-refractivity contribution in [3.63, 3.8) is 0 Å². The Morgan fingerprint density at radius 1 is 0.969 bits per heavy atom. The molecule has 4 aromatic heterocycles. The molecule has 0 unspecified atom stereocenters. The highest BCUT2D eigenvalue weighted by molar-refractivity contribution is 7.13. The average molecular weight is 439 g/mol. The molecule has 0 atom stereocenters. The molecule has 0 aliphatic rings. The summed E-state index contributed by atoms with van der Waals surface area (Å²) in [4.78, 5) is 26.3. The minimum atomic E-state index is -0.228. The average Bonchev–Trinajstić information content (AvgIpc) is 3.48. The third-order valence-corrected chi connectivity index (χ3v) is 5.79. The van der Waals surface area contributed by atoms with Crippen molar-refractivity contribution in [2.24, 2.45) is 0 Å². The molecule has 1 aromatic carbocycles. The molecule has 0 bridgehead atoms. The summed E-state index contributed by atoms with van der Waals surface area (Å²) in [5.41, 5.74) is 4.50. The highest BCUT2D eigenvalue weighted by atomic mass is 32.1. The molecule has 1 amide bonds. The highest BCUT2D eigenvalue weighted by Crippen LogP contribution is 2.29. The molecule has 5 rings (SSSR count). The predicted octanol–water partition coefficient (Wildman–Crippen LogP) is 5.01. The molecule has 0 saturated carbocycles. The Labute approximate surface area is 188 Å². The quantitative estimate of drug-likeness (QED) is 0.417. The number of carbonyl (C=O) groups is 1. The normalized spacial score (nSPS) is 10.8. The van der Waals surface area contributed by atoms with E-state index in [0.717, 1.165) is 27.7 Å². The van der Waals surface area contributed by atoms with Crippen molar-refractivity contribution in [1.29, 1.82) is 0 Å². The van der Waals surface area contributed by atoms with Crippen LogP contribution in [0.1, 0.15) is 16.1 Å². The maximum Gasteiger partial charge on any atom is 0.259 e. The summed E-state index contributed by atoms with van der Waals surface area (Å²) in [6.45, 7) is 1.85. The van der Waals surface area contributed by atoms with E-state index in [-0.39, 0.29) is 5.91 Å². The van der Waals surface area contributed by atoms with Crippen LogP contribution in [0.2, 0.25) is 0 Å². The Morgan fingerprint density at radius 3 is 2.59 bits per heavy atom. The lowest BCUT2D eigenvalue weighted by molar-refractivity contribution is 0.102. The van der Waals surface area contributed by atoms with E-state index in [9.17, 15) is 4.79 Å². The van der Waals surface area contributed by atoms with Crippen molar-refractivity contribution in [2.75, 3.05) is 5.32 Å². The molecular weight excluding hydrogens is 420 g/mol. The number of amides is 1. The lowest BCUT2D eigenvalue weighted by atomic mass is 10.1. The van der Waals surface area contributed by atoms with Gasteiger partial charge in [-0.25, -0.2) is 14.6 Å². The number of rotatable bonds is 5. The maximum absolute atomic E-state index is 12.9. The van der Waals surface area contributed by atoms with Crippen molar-refractivity contribution >= 4 is 22.9 Å². The molecule has 1 N–H and O–H groups in total. The van der Waals surface area contributed by atoms with E-state index in [4.69, 9.17) is 4.98 Å². The topological polar surface area (TPSA) is 85.6 Å². The van der Waals surface area contributed by atoms with E-state index < -0.39 is 0 Å². The lowest BCUT2D eigenvalue weighted by Gasteiger charge is -2.07. The molecule has 0 aliphatic carbocycles. The summed E-state index contributed by atoms with van der Waals surface area (Å²) in [6.07, 6.45) is 5.01. The number of hydrogen-bond donors (Lipinski definition) is 1. The van der Waals surface area contributed by atoms with Crippen LogP contribution in [0.25, 0.3) is 27.8 Å². The van der Waals surface area contributed by atoms with Crippen molar-refractivity contribution in [2.45, 2.75) is 6.92 Å². The summed E-state index contributed by atoms with van der Waals surface area (Å²) in [5, 5.41) is 10.1. The Hall–Kier alpha value is -4.17. The first-order valence-corrected chi connectivity index (χ1v) is 10.8. The molecule has 7 nitrogen and oxygen atoms in total. The maximum atomic E-state index is 12.9. The molecule has 8 heteroatoms. The van der Waals surface area contributed by atoms with Gasteiger partial charge < -0.3 is 5.32 Å². The van der Waals surface area contributed by atoms with Gasteiger partial charge in [0.15, 0.2) is 5.82 Å². The van der Waals surface area contributed by atoms with Crippen molar-refractivity contribution in [3.05, 3.63) is 95.9 Å². The van der Waals surface area contributed by atoms with Crippen LogP contribution in [-0.2, 0) is 0 Å². The largest absolute Gasteiger partial charge is 0.322 e. The van der Waals surface area contributed by atoms with Gasteiger partial charge in [-0.05, 0) is 43.3 Å². The number of aromatic nitrogens is 5. The fraction of sp³-hybridized carbons (Fsp3) is 0.0417. The first-order chi connectivity index (χ1) is 15.7. The number of hydrogen-bond acceptors (Lipinski definition) is 6. The zero-order valence-electron chi connectivity index (χ0n) is 17.1. The highest BCUT2D eigenvalue weighted by Gasteiger charge is 2.16. The standard InChI is InChI=1S/C24H18N6OS/c1-16-19(14-27-30(16)22-10-3-5-12-26-22)23(31)28-18-8-6-7-17(13-18)21-15-32-24(29-21)20-9-2-4-11-25-20/h2-15H,1H3,(H,28,31). The summed E-state index contributed by atoms with van der Waals surface area (Å²) in [5.74, 6) is 0.438. The smallest absolute Gasteiger partial charge is 0.259 e. The van der Waals surface area contributed by atoms with Crippen LogP contribution < -0.4 is 5.32 Å². The van der Waals surface area contributed by atoms with E-state index in [0.29, 0.717) is 17.1 Å². The summed E-state index contributed by atoms with van der Waals surface area (Å²) < 4.78 is 1.65. The Balaban J connectivity index is 1.37. The van der Waals surface area contributed by atoms with Crippen LogP contribution in [0.3, 0.4) is 0 Å². The number of nitrogens with zero attached hydrogens (tertiary/aromatic N) is 5. The van der Waals surface area contributed by atoms with E-state index in [1.165, 1.54) is 11.3 Å². The van der Waals surface area contributed by atoms with E-state index in [2.05, 4.69) is 20.4 Å². The molecule has 0 saturated heterocycles. The van der Waals surface area contributed by atoms with Gasteiger partial charge in [0.2, 0.25) is 0 Å². The van der Waals surface area contributed by atoms with Crippen LogP contribution in [0.4, 0.5) is 5.69 Å². The Kier molecular flexibility index (Phi) is 5.27. The van der Waals surface area contributed by atoms with Crippen LogP contribution in [0.15, 0.2) is 84.6 Å². The van der Waals surface area contributed by atoms with Gasteiger partial charge in [-0.3, -0.25) is 9.78 Å². The monoisotopic (exact) mass is 438 g/mol. The number of carbonyl (C=O) groups excluding carboxylic acids is 1. The first-order valence-electron chi connectivity index (χ1n) is 9.94. The molecule has 32 heavy (non-hydrogen) atoms. The Bertz CT molecular complexity index is 1380. The van der Waals surface area contributed by atoms with Gasteiger partial charge in [-0.2, -0.15) is 5.10 Å². The van der Waals surface area contributed by atoms with Gasteiger partial charge >= 0.3 is 0 Å². The molecule has 0 fully saturated rings.